The van der Waals surface area contributed by atoms with Gasteiger partial charge >= 0.3 is 0 Å². The summed E-state index contributed by atoms with van der Waals surface area (Å²) in [5, 5.41) is 4.53. The van der Waals surface area contributed by atoms with Gasteiger partial charge in [0, 0.05) is 35.4 Å². The number of H-pyrrole nitrogens is 1. The highest BCUT2D eigenvalue weighted by atomic mass is 16.5. The molecule has 0 radical (unpaired) electrons. The number of aromatic nitrogens is 2. The Balaban J connectivity index is 1.90. The summed E-state index contributed by atoms with van der Waals surface area (Å²) in [4.78, 5) is 7.62. The molecule has 0 aliphatic carbocycles. The number of nitrogens with zero attached hydrogens (tertiary/aromatic N) is 1. The van der Waals surface area contributed by atoms with Crippen LogP contribution in [0.15, 0.2) is 42.7 Å². The van der Waals surface area contributed by atoms with Crippen LogP contribution in [0.3, 0.4) is 0 Å². The number of aromatic amines is 1. The van der Waals surface area contributed by atoms with Gasteiger partial charge in [0.2, 0.25) is 5.88 Å². The standard InChI is InChI=1S/C15H13N3O/c1-2-11(12-4-5-16-13(12)3-1)10-8-14-15(18-9-10)19-7-6-17-14/h1-5,8-9,16-17H,6-7H2. The second kappa shape index (κ2) is 4.02. The van der Waals surface area contributed by atoms with Gasteiger partial charge in [-0.25, -0.2) is 4.98 Å². The molecular weight excluding hydrogens is 238 g/mol. The van der Waals surface area contributed by atoms with Gasteiger partial charge in [-0.15, -0.1) is 0 Å². The third-order valence-electron chi connectivity index (χ3n) is 3.41. The van der Waals surface area contributed by atoms with Gasteiger partial charge in [0.1, 0.15) is 6.61 Å². The van der Waals surface area contributed by atoms with Gasteiger partial charge in [-0.3, -0.25) is 0 Å². The second-order valence-electron chi connectivity index (χ2n) is 4.60. The minimum atomic E-state index is 0.673. The molecule has 3 heterocycles. The molecule has 3 aromatic rings. The van der Waals surface area contributed by atoms with Crippen molar-refractivity contribution in [1.82, 2.24) is 9.97 Å². The van der Waals surface area contributed by atoms with Crippen molar-refractivity contribution >= 4 is 16.6 Å². The molecule has 0 bridgehead atoms. The van der Waals surface area contributed by atoms with Crippen LogP contribution in [0, 0.1) is 0 Å². The zero-order valence-corrected chi connectivity index (χ0v) is 10.3. The highest BCUT2D eigenvalue weighted by molar-refractivity contribution is 5.95. The van der Waals surface area contributed by atoms with E-state index in [-0.39, 0.29) is 0 Å². The number of nitrogens with one attached hydrogen (secondary N) is 2. The molecule has 19 heavy (non-hydrogen) atoms. The summed E-state index contributed by atoms with van der Waals surface area (Å²) in [6, 6.07) is 10.4. The van der Waals surface area contributed by atoms with Crippen LogP contribution >= 0.6 is 0 Å². The van der Waals surface area contributed by atoms with E-state index < -0.39 is 0 Å². The van der Waals surface area contributed by atoms with E-state index >= 15 is 0 Å². The first-order valence-electron chi connectivity index (χ1n) is 6.35. The van der Waals surface area contributed by atoms with E-state index in [2.05, 4.69) is 45.6 Å². The lowest BCUT2D eigenvalue weighted by Crippen LogP contribution is -2.18. The highest BCUT2D eigenvalue weighted by Gasteiger charge is 2.13. The van der Waals surface area contributed by atoms with E-state index in [0.29, 0.717) is 12.5 Å². The Morgan fingerprint density at radius 3 is 3.21 bits per heavy atom. The summed E-state index contributed by atoms with van der Waals surface area (Å²) >= 11 is 0. The monoisotopic (exact) mass is 251 g/mol. The largest absolute Gasteiger partial charge is 0.474 e. The van der Waals surface area contributed by atoms with Crippen LogP contribution in [0.5, 0.6) is 5.88 Å². The molecule has 94 valence electrons. The average molecular weight is 251 g/mol. The molecule has 2 aromatic heterocycles. The Kier molecular flexibility index (Phi) is 2.21. The Labute approximate surface area is 110 Å². The fraction of sp³-hybridized carbons (Fsp3) is 0.133. The van der Waals surface area contributed by atoms with Gasteiger partial charge < -0.3 is 15.0 Å². The quantitative estimate of drug-likeness (QED) is 0.699. The highest BCUT2D eigenvalue weighted by Crippen LogP contribution is 2.33. The Bertz CT molecular complexity index is 748. The minimum absolute atomic E-state index is 0.673. The summed E-state index contributed by atoms with van der Waals surface area (Å²) in [6.45, 7) is 1.50. The molecule has 0 amide bonds. The third-order valence-corrected chi connectivity index (χ3v) is 3.41. The predicted molar refractivity (Wildman–Crippen MR) is 75.5 cm³/mol. The molecule has 1 aliphatic rings. The van der Waals surface area contributed by atoms with Crippen LogP contribution in [-0.4, -0.2) is 23.1 Å². The van der Waals surface area contributed by atoms with Crippen LogP contribution in [-0.2, 0) is 0 Å². The summed E-state index contributed by atoms with van der Waals surface area (Å²) < 4.78 is 5.51. The van der Waals surface area contributed by atoms with Crippen molar-refractivity contribution in [1.29, 1.82) is 0 Å². The summed E-state index contributed by atoms with van der Waals surface area (Å²) in [6.07, 6.45) is 3.83. The molecule has 1 aliphatic heterocycles. The van der Waals surface area contributed by atoms with Crippen molar-refractivity contribution in [3.8, 4) is 17.0 Å². The van der Waals surface area contributed by atoms with E-state index in [4.69, 9.17) is 4.74 Å². The minimum Gasteiger partial charge on any atom is -0.474 e. The molecule has 1 aromatic carbocycles. The molecular formula is C15H13N3O. The van der Waals surface area contributed by atoms with Crippen LogP contribution in [0.1, 0.15) is 0 Å². The SMILES string of the molecule is c1cc(-c2cnc3c(c2)NCCO3)c2cc[nH]c2c1. The Hall–Kier alpha value is -2.49. The van der Waals surface area contributed by atoms with Crippen LogP contribution in [0.2, 0.25) is 0 Å². The molecule has 0 unspecified atom stereocenters. The van der Waals surface area contributed by atoms with E-state index in [0.717, 1.165) is 23.3 Å². The van der Waals surface area contributed by atoms with Gasteiger partial charge in [-0.2, -0.15) is 0 Å². The van der Waals surface area contributed by atoms with Gasteiger partial charge in [0.25, 0.3) is 0 Å². The van der Waals surface area contributed by atoms with Crippen molar-refractivity contribution in [3.63, 3.8) is 0 Å². The van der Waals surface area contributed by atoms with E-state index in [1.807, 2.05) is 12.4 Å². The number of ether oxygens (including phenoxy) is 1. The number of rotatable bonds is 1. The Morgan fingerprint density at radius 1 is 1.21 bits per heavy atom. The average Bonchev–Trinajstić information content (AvgIpc) is 2.95. The van der Waals surface area contributed by atoms with E-state index in [1.165, 1.54) is 10.9 Å². The number of hydrogen-bond acceptors (Lipinski definition) is 3. The lowest BCUT2D eigenvalue weighted by molar-refractivity contribution is 0.310. The van der Waals surface area contributed by atoms with E-state index in [1.54, 1.807) is 0 Å². The van der Waals surface area contributed by atoms with Crippen molar-refractivity contribution < 1.29 is 4.74 Å². The number of pyridine rings is 1. The van der Waals surface area contributed by atoms with Crippen molar-refractivity contribution in [2.24, 2.45) is 0 Å². The van der Waals surface area contributed by atoms with Crippen molar-refractivity contribution in [2.45, 2.75) is 0 Å². The first-order valence-corrected chi connectivity index (χ1v) is 6.35. The number of fused-ring (bicyclic) bond motifs is 2. The molecule has 0 atom stereocenters. The van der Waals surface area contributed by atoms with Crippen molar-refractivity contribution in [2.75, 3.05) is 18.5 Å². The maximum absolute atomic E-state index is 5.51. The molecule has 0 saturated heterocycles. The number of benzene rings is 1. The molecule has 4 rings (SSSR count). The first-order chi connectivity index (χ1) is 9.42. The maximum Gasteiger partial charge on any atom is 0.237 e. The zero-order chi connectivity index (χ0) is 12.7. The Morgan fingerprint density at radius 2 is 2.21 bits per heavy atom. The molecule has 0 saturated carbocycles. The summed E-state index contributed by atoms with van der Waals surface area (Å²) in [7, 11) is 0. The van der Waals surface area contributed by atoms with Gasteiger partial charge in [-0.05, 0) is 23.8 Å². The lowest BCUT2D eigenvalue weighted by atomic mass is 10.0. The second-order valence-corrected chi connectivity index (χ2v) is 4.60. The molecule has 0 fully saturated rings. The van der Waals surface area contributed by atoms with Gasteiger partial charge in [0.05, 0.1) is 5.69 Å². The van der Waals surface area contributed by atoms with Crippen LogP contribution in [0.25, 0.3) is 22.0 Å². The lowest BCUT2D eigenvalue weighted by Gasteiger charge is -2.18. The normalized spacial score (nSPS) is 13.7. The van der Waals surface area contributed by atoms with Crippen molar-refractivity contribution in [3.05, 3.63) is 42.7 Å². The molecule has 0 spiro atoms. The number of hydrogen-bond donors (Lipinski definition) is 2. The topological polar surface area (TPSA) is 49.9 Å². The smallest absolute Gasteiger partial charge is 0.237 e. The zero-order valence-electron chi connectivity index (χ0n) is 10.3. The maximum atomic E-state index is 5.51. The molecule has 2 N–H and O–H groups in total. The van der Waals surface area contributed by atoms with E-state index in [9.17, 15) is 0 Å². The first kappa shape index (κ1) is 10.4. The number of anilines is 1. The molecule has 4 heteroatoms. The van der Waals surface area contributed by atoms with Crippen LogP contribution < -0.4 is 10.1 Å². The fourth-order valence-electron chi connectivity index (χ4n) is 2.51. The van der Waals surface area contributed by atoms with Crippen LogP contribution in [0.4, 0.5) is 5.69 Å². The fourth-order valence-corrected chi connectivity index (χ4v) is 2.51. The predicted octanol–water partition coefficient (Wildman–Crippen LogP) is 3.03. The van der Waals surface area contributed by atoms with Gasteiger partial charge in [-0.1, -0.05) is 12.1 Å². The summed E-state index contributed by atoms with van der Waals surface area (Å²) in [5.74, 6) is 0.691. The molecule has 4 nitrogen and oxygen atoms in total. The van der Waals surface area contributed by atoms with Gasteiger partial charge in [0.15, 0.2) is 0 Å². The summed E-state index contributed by atoms with van der Waals surface area (Å²) in [5.41, 5.74) is 4.39. The third kappa shape index (κ3) is 1.64.